The van der Waals surface area contributed by atoms with E-state index in [2.05, 4.69) is 17.1 Å². The maximum Gasteiger partial charge on any atom is 0.277 e. The molecular formula is C16H15N4OS+. The first-order chi connectivity index (χ1) is 10.6. The number of nitrogens with zero attached hydrogens (tertiary/aromatic N) is 2. The number of thioether (sulfide) groups is 1. The Labute approximate surface area is 132 Å². The highest BCUT2D eigenvalue weighted by Gasteiger charge is 2.96. The fraction of sp³-hybridized carbons (Fsp3) is 0.438. The zero-order valence-electron chi connectivity index (χ0n) is 12.1. The zero-order valence-corrected chi connectivity index (χ0v) is 12.9. The summed E-state index contributed by atoms with van der Waals surface area (Å²) in [6.45, 7) is 2.55. The molecule has 0 aromatic heterocycles. The molecule has 5 nitrogen and oxygen atoms in total. The van der Waals surface area contributed by atoms with Crippen LogP contribution in [0.2, 0.25) is 0 Å². The van der Waals surface area contributed by atoms with Crippen LogP contribution in [0.1, 0.15) is 17.0 Å². The number of nitriles is 2. The van der Waals surface area contributed by atoms with E-state index in [1.54, 1.807) is 0 Å². The Morgan fingerprint density at radius 1 is 1.41 bits per heavy atom. The molecule has 4 atom stereocenters. The third kappa shape index (κ3) is 1.19. The van der Waals surface area contributed by atoms with Gasteiger partial charge in [-0.2, -0.15) is 10.5 Å². The largest absolute Gasteiger partial charge is 0.327 e. The van der Waals surface area contributed by atoms with Crippen LogP contribution in [0.3, 0.4) is 0 Å². The highest BCUT2D eigenvalue weighted by molar-refractivity contribution is 8.00. The van der Waals surface area contributed by atoms with Crippen molar-refractivity contribution in [1.29, 1.82) is 10.5 Å². The molecule has 1 saturated carbocycles. The predicted molar refractivity (Wildman–Crippen MR) is 81.3 cm³/mol. The van der Waals surface area contributed by atoms with Crippen molar-refractivity contribution in [3.05, 3.63) is 35.4 Å². The number of nitrogens with one attached hydrogen (secondary N) is 1. The lowest BCUT2D eigenvalue weighted by molar-refractivity contribution is -0.583. The van der Waals surface area contributed by atoms with Crippen molar-refractivity contribution < 1.29 is 9.73 Å². The van der Waals surface area contributed by atoms with Gasteiger partial charge in [0.2, 0.25) is 0 Å². The van der Waals surface area contributed by atoms with Crippen LogP contribution in [0.5, 0.6) is 0 Å². The Kier molecular flexibility index (Phi) is 2.50. The first-order valence-corrected chi connectivity index (χ1v) is 8.14. The lowest BCUT2D eigenvalue weighted by Gasteiger charge is -2.23. The Bertz CT molecular complexity index is 786. The fourth-order valence-electron chi connectivity index (χ4n) is 4.17. The van der Waals surface area contributed by atoms with Gasteiger partial charge in [0, 0.05) is 11.7 Å². The van der Waals surface area contributed by atoms with Gasteiger partial charge >= 0.3 is 0 Å². The first-order valence-electron chi connectivity index (χ1n) is 7.16. The molecule has 0 bridgehead atoms. The number of benzene rings is 1. The van der Waals surface area contributed by atoms with Crippen molar-refractivity contribution in [2.24, 2.45) is 16.6 Å². The van der Waals surface area contributed by atoms with Gasteiger partial charge in [0.05, 0.1) is 18.7 Å². The summed E-state index contributed by atoms with van der Waals surface area (Å²) in [6, 6.07) is 12.7. The summed E-state index contributed by atoms with van der Waals surface area (Å²) in [7, 11) is 0. The molecule has 4 rings (SSSR count). The molecule has 1 saturated heterocycles. The minimum absolute atomic E-state index is 0.262. The molecule has 1 aromatic carbocycles. The van der Waals surface area contributed by atoms with Crippen LogP contribution in [0.25, 0.3) is 0 Å². The van der Waals surface area contributed by atoms with Crippen LogP contribution in [-0.4, -0.2) is 23.3 Å². The van der Waals surface area contributed by atoms with Crippen LogP contribution >= 0.6 is 11.8 Å². The molecule has 2 heterocycles. The minimum atomic E-state index is -1.02. The third-order valence-electron chi connectivity index (χ3n) is 5.07. The Hall–Kier alpha value is -2.02. The van der Waals surface area contributed by atoms with Crippen molar-refractivity contribution in [2.75, 3.05) is 12.4 Å². The summed E-state index contributed by atoms with van der Waals surface area (Å²) in [5.74, 6) is 0.880. The third-order valence-corrected chi connectivity index (χ3v) is 6.39. The van der Waals surface area contributed by atoms with Gasteiger partial charge in [-0.25, -0.2) is 4.99 Å². The molecule has 3 N–H and O–H groups in total. The molecule has 22 heavy (non-hydrogen) atoms. The van der Waals surface area contributed by atoms with Crippen molar-refractivity contribution in [2.45, 2.75) is 17.9 Å². The van der Waals surface area contributed by atoms with E-state index >= 15 is 0 Å². The van der Waals surface area contributed by atoms with E-state index in [-0.39, 0.29) is 5.92 Å². The summed E-state index contributed by atoms with van der Waals surface area (Å²) >= 11 is 1.54. The van der Waals surface area contributed by atoms with Crippen LogP contribution in [0.4, 0.5) is 0 Å². The number of nitrogens with two attached hydrogens (primary N) is 1. The summed E-state index contributed by atoms with van der Waals surface area (Å²) in [4.78, 5) is 3.12. The quantitative estimate of drug-likeness (QED) is 0.760. The number of hydrogen-bond donors (Lipinski definition) is 2. The smallest absolute Gasteiger partial charge is 0.277 e. The molecule has 2 fully saturated rings. The maximum absolute atomic E-state index is 10.0. The van der Waals surface area contributed by atoms with Crippen molar-refractivity contribution >= 4 is 17.6 Å². The van der Waals surface area contributed by atoms with E-state index < -0.39 is 15.9 Å². The second kappa shape index (κ2) is 4.04. The topological polar surface area (TPSA) is 96.8 Å². The van der Waals surface area contributed by atoms with E-state index in [1.807, 2.05) is 31.2 Å². The molecule has 0 amide bonds. The average Bonchev–Trinajstić information content (AvgIpc) is 2.77. The molecule has 6 heteroatoms. The van der Waals surface area contributed by atoms with E-state index in [0.717, 1.165) is 16.9 Å². The van der Waals surface area contributed by atoms with Gasteiger partial charge in [-0.05, 0) is 12.5 Å². The van der Waals surface area contributed by atoms with Crippen LogP contribution in [0.15, 0.2) is 24.3 Å². The monoisotopic (exact) mass is 311 g/mol. The van der Waals surface area contributed by atoms with Crippen molar-refractivity contribution in [1.82, 2.24) is 0 Å². The molecule has 0 radical (unpaired) electrons. The highest BCUT2D eigenvalue weighted by atomic mass is 32.2. The first kappa shape index (κ1) is 13.6. The van der Waals surface area contributed by atoms with Crippen molar-refractivity contribution in [3.8, 4) is 12.1 Å². The fourth-order valence-corrected chi connectivity index (χ4v) is 5.52. The van der Waals surface area contributed by atoms with Crippen LogP contribution < -0.4 is 10.7 Å². The van der Waals surface area contributed by atoms with E-state index in [0.29, 0.717) is 12.4 Å². The number of rotatable bonds is 1. The normalized spacial score (nSPS) is 41.6. The van der Waals surface area contributed by atoms with Gasteiger partial charge in [0.15, 0.2) is 10.8 Å². The average molecular weight is 311 g/mol. The summed E-state index contributed by atoms with van der Waals surface area (Å²) in [5.41, 5.74) is 6.26. The predicted octanol–water partition coefficient (Wildman–Crippen LogP) is -0.0192. The SMILES string of the molecule is Cc1cccc([C@H]2[C@@]3(C#N)[C@@]4([NH+]=C(N)[C@@]23C#N)OCCS4)c1. The van der Waals surface area contributed by atoms with Gasteiger partial charge in [-0.1, -0.05) is 41.6 Å². The molecule has 110 valence electrons. The number of ether oxygens (including phenoxy) is 1. The molecule has 3 aliphatic rings. The summed E-state index contributed by atoms with van der Waals surface area (Å²) < 4.78 is 5.91. The maximum atomic E-state index is 10.0. The van der Waals surface area contributed by atoms with Gasteiger partial charge in [0.25, 0.3) is 10.9 Å². The summed E-state index contributed by atoms with van der Waals surface area (Å²) in [6.07, 6.45) is 0. The molecule has 1 spiro atoms. The Balaban J connectivity index is 1.94. The number of amidine groups is 1. The molecule has 1 aromatic rings. The van der Waals surface area contributed by atoms with Gasteiger partial charge < -0.3 is 4.74 Å². The molecule has 2 aliphatic heterocycles. The molecular weight excluding hydrogens is 296 g/mol. The number of fused-ring (bicyclic) bond motifs is 2. The van der Waals surface area contributed by atoms with E-state index in [1.165, 1.54) is 11.8 Å². The van der Waals surface area contributed by atoms with Gasteiger partial charge in [-0.15, -0.1) is 0 Å². The number of hydrogen-bond acceptors (Lipinski definition) is 5. The van der Waals surface area contributed by atoms with E-state index in [9.17, 15) is 10.5 Å². The minimum Gasteiger partial charge on any atom is -0.327 e. The van der Waals surface area contributed by atoms with Gasteiger partial charge in [-0.3, -0.25) is 5.73 Å². The second-order valence-corrected chi connectivity index (χ2v) is 7.31. The van der Waals surface area contributed by atoms with Crippen LogP contribution in [0, 0.1) is 40.4 Å². The Morgan fingerprint density at radius 3 is 2.82 bits per heavy atom. The Morgan fingerprint density at radius 2 is 2.23 bits per heavy atom. The van der Waals surface area contributed by atoms with Gasteiger partial charge in [0.1, 0.15) is 0 Å². The number of aryl methyl sites for hydroxylation is 1. The highest BCUT2D eigenvalue weighted by Crippen LogP contribution is 2.80. The lowest BCUT2D eigenvalue weighted by Crippen LogP contribution is -2.88. The lowest BCUT2D eigenvalue weighted by atomic mass is 9.95. The van der Waals surface area contributed by atoms with Crippen molar-refractivity contribution in [3.63, 3.8) is 0 Å². The summed E-state index contributed by atoms with van der Waals surface area (Å²) in [5, 5.41) is 19.0. The van der Waals surface area contributed by atoms with E-state index in [4.69, 9.17) is 10.5 Å². The zero-order chi connectivity index (χ0) is 15.6. The standard InChI is InChI=1S/C16H14N4OS/c1-10-3-2-4-11(7-10)12-14(8-17)13(19)20-16(15(12,14)9-18)21-5-6-22-16/h2-4,7,12H,5-6H2,1H3,(H2,19,20)/p+1/t12-,14-,15-,16-/m1/s1. The molecule has 1 aliphatic carbocycles. The molecule has 0 unspecified atom stereocenters. The van der Waals surface area contributed by atoms with Crippen LogP contribution in [-0.2, 0) is 4.74 Å². The second-order valence-electron chi connectivity index (χ2n) is 6.04.